The van der Waals surface area contributed by atoms with Crippen molar-refractivity contribution >= 4 is 51.8 Å². The van der Waals surface area contributed by atoms with E-state index in [0.717, 1.165) is 17.0 Å². The summed E-state index contributed by atoms with van der Waals surface area (Å²) in [6.07, 6.45) is 0. The lowest BCUT2D eigenvalue weighted by Gasteiger charge is -2.16. The Morgan fingerprint density at radius 3 is 2.53 bits per heavy atom. The summed E-state index contributed by atoms with van der Waals surface area (Å²) in [5.74, 6) is 0.744. The number of nitrogens with one attached hydrogen (secondary N) is 1. The van der Waals surface area contributed by atoms with Gasteiger partial charge in [-0.15, -0.1) is 11.3 Å². The number of hydrogen-bond acceptors (Lipinski definition) is 3. The van der Waals surface area contributed by atoms with Crippen molar-refractivity contribution in [3.8, 4) is 5.75 Å². The molecule has 19 heavy (non-hydrogen) atoms. The third-order valence-corrected chi connectivity index (χ3v) is 4.54. The van der Waals surface area contributed by atoms with E-state index >= 15 is 0 Å². The molecule has 0 bridgehead atoms. The van der Waals surface area contributed by atoms with Crippen LogP contribution in [0.15, 0.2) is 24.3 Å². The molecule has 0 aliphatic carbocycles. The van der Waals surface area contributed by atoms with Gasteiger partial charge in [0.2, 0.25) is 0 Å². The van der Waals surface area contributed by atoms with E-state index in [2.05, 4.69) is 5.32 Å². The molecule has 2 aromatic rings. The fourth-order valence-electron chi connectivity index (χ4n) is 1.70. The van der Waals surface area contributed by atoms with Gasteiger partial charge in [-0.2, -0.15) is 0 Å². The number of halogens is 3. The predicted molar refractivity (Wildman–Crippen MR) is 84.4 cm³/mol. The van der Waals surface area contributed by atoms with Gasteiger partial charge in [-0.25, -0.2) is 0 Å². The summed E-state index contributed by atoms with van der Waals surface area (Å²) in [6.45, 7) is 2.00. The van der Waals surface area contributed by atoms with Crippen molar-refractivity contribution in [2.24, 2.45) is 0 Å². The van der Waals surface area contributed by atoms with E-state index in [1.165, 1.54) is 11.3 Å². The molecular weight excluding hydrogens is 325 g/mol. The number of hydrogen-bond donors (Lipinski definition) is 1. The highest BCUT2D eigenvalue weighted by Crippen LogP contribution is 2.37. The van der Waals surface area contributed by atoms with Crippen LogP contribution in [0.5, 0.6) is 5.75 Å². The molecule has 0 saturated carbocycles. The molecule has 1 heterocycles. The highest BCUT2D eigenvalue weighted by molar-refractivity contribution is 7.20. The Kier molecular flexibility index (Phi) is 4.85. The third kappa shape index (κ3) is 3.48. The summed E-state index contributed by atoms with van der Waals surface area (Å²) in [4.78, 5) is 0. The van der Waals surface area contributed by atoms with Crippen molar-refractivity contribution in [3.63, 3.8) is 0 Å². The zero-order valence-electron chi connectivity index (χ0n) is 10.3. The molecule has 1 atom stereocenters. The molecule has 102 valence electrons. The minimum atomic E-state index is 0.000793. The third-order valence-electron chi connectivity index (χ3n) is 2.70. The van der Waals surface area contributed by atoms with Crippen LogP contribution in [-0.2, 0) is 0 Å². The van der Waals surface area contributed by atoms with Gasteiger partial charge in [-0.1, -0.05) is 34.8 Å². The Bertz CT molecular complexity index is 585. The van der Waals surface area contributed by atoms with Crippen LogP contribution in [0.2, 0.25) is 13.7 Å². The molecule has 2 nitrogen and oxygen atoms in total. The normalized spacial score (nSPS) is 12.3. The Hall–Kier alpha value is -0.610. The molecule has 1 aromatic carbocycles. The molecule has 6 heteroatoms. The van der Waals surface area contributed by atoms with Gasteiger partial charge in [0.15, 0.2) is 0 Å². The van der Waals surface area contributed by atoms with Gasteiger partial charge in [0.25, 0.3) is 0 Å². The molecule has 0 aliphatic heterocycles. The highest BCUT2D eigenvalue weighted by Gasteiger charge is 2.14. The van der Waals surface area contributed by atoms with Gasteiger partial charge in [0.1, 0.15) is 5.75 Å². The van der Waals surface area contributed by atoms with E-state index in [1.54, 1.807) is 13.2 Å². The molecule has 0 aliphatic rings. The first-order chi connectivity index (χ1) is 9.01. The van der Waals surface area contributed by atoms with Crippen molar-refractivity contribution < 1.29 is 4.74 Å². The minimum absolute atomic E-state index is 0.000793. The van der Waals surface area contributed by atoms with Crippen LogP contribution in [0.3, 0.4) is 0 Å². The molecule has 0 fully saturated rings. The highest BCUT2D eigenvalue weighted by atomic mass is 35.5. The molecule has 1 N–H and O–H groups in total. The quantitative estimate of drug-likeness (QED) is 0.751. The first-order valence-electron chi connectivity index (χ1n) is 5.56. The molecule has 0 amide bonds. The first kappa shape index (κ1) is 14.8. The van der Waals surface area contributed by atoms with Gasteiger partial charge in [-0.3, -0.25) is 0 Å². The number of rotatable bonds is 4. The van der Waals surface area contributed by atoms with E-state index in [0.29, 0.717) is 13.7 Å². The summed E-state index contributed by atoms with van der Waals surface area (Å²) in [5.41, 5.74) is 1.75. The summed E-state index contributed by atoms with van der Waals surface area (Å²) in [6, 6.07) is 7.31. The molecule has 0 spiro atoms. The summed E-state index contributed by atoms with van der Waals surface area (Å²) in [5, 5.41) is 3.94. The number of ether oxygens (including phenoxy) is 1. The van der Waals surface area contributed by atoms with Crippen LogP contribution >= 0.6 is 46.1 Å². The van der Waals surface area contributed by atoms with Crippen molar-refractivity contribution in [1.82, 2.24) is 0 Å². The zero-order valence-corrected chi connectivity index (χ0v) is 13.4. The second-order valence-corrected chi connectivity index (χ2v) is 6.68. The SMILES string of the molecule is COc1ccc(Cl)c(NC(C)c2cc(Cl)sc2Cl)c1. The maximum absolute atomic E-state index is 6.16. The molecule has 1 unspecified atom stereocenters. The van der Waals surface area contributed by atoms with E-state index in [1.807, 2.05) is 25.1 Å². The Morgan fingerprint density at radius 1 is 1.21 bits per heavy atom. The van der Waals surface area contributed by atoms with Crippen molar-refractivity contribution in [2.45, 2.75) is 13.0 Å². The average Bonchev–Trinajstić information content (AvgIpc) is 2.71. The summed E-state index contributed by atoms with van der Waals surface area (Å²) < 4.78 is 6.54. The minimum Gasteiger partial charge on any atom is -0.497 e. The number of methoxy groups -OCH3 is 1. The maximum Gasteiger partial charge on any atom is 0.121 e. The fraction of sp³-hybridized carbons (Fsp3) is 0.231. The number of thiophene rings is 1. The molecular formula is C13H12Cl3NOS. The number of benzene rings is 1. The topological polar surface area (TPSA) is 21.3 Å². The predicted octanol–water partition coefficient (Wildman–Crippen LogP) is 5.89. The van der Waals surface area contributed by atoms with Gasteiger partial charge in [-0.05, 0) is 25.1 Å². The van der Waals surface area contributed by atoms with Crippen molar-refractivity contribution in [3.05, 3.63) is 43.5 Å². The molecule has 0 radical (unpaired) electrons. The van der Waals surface area contributed by atoms with E-state index in [-0.39, 0.29) is 6.04 Å². The maximum atomic E-state index is 6.16. The van der Waals surface area contributed by atoms with Crippen LogP contribution in [0.1, 0.15) is 18.5 Å². The van der Waals surface area contributed by atoms with Crippen LogP contribution in [0.4, 0.5) is 5.69 Å². The van der Waals surface area contributed by atoms with Gasteiger partial charge >= 0.3 is 0 Å². The van der Waals surface area contributed by atoms with Crippen molar-refractivity contribution in [1.29, 1.82) is 0 Å². The monoisotopic (exact) mass is 335 g/mol. The van der Waals surface area contributed by atoms with Crippen LogP contribution in [0.25, 0.3) is 0 Å². The second kappa shape index (κ2) is 6.23. The smallest absolute Gasteiger partial charge is 0.121 e. The summed E-state index contributed by atoms with van der Waals surface area (Å²) in [7, 11) is 1.62. The van der Waals surface area contributed by atoms with Crippen molar-refractivity contribution in [2.75, 3.05) is 12.4 Å². The number of anilines is 1. The van der Waals surface area contributed by atoms with Crippen LogP contribution < -0.4 is 10.1 Å². The average molecular weight is 337 g/mol. The molecule has 0 saturated heterocycles. The lowest BCUT2D eigenvalue weighted by Crippen LogP contribution is -2.06. The Balaban J connectivity index is 2.23. The molecule has 1 aromatic heterocycles. The van der Waals surface area contributed by atoms with E-state index in [4.69, 9.17) is 39.5 Å². The largest absolute Gasteiger partial charge is 0.497 e. The Morgan fingerprint density at radius 2 is 1.95 bits per heavy atom. The van der Waals surface area contributed by atoms with Gasteiger partial charge in [0.05, 0.1) is 32.5 Å². The fourth-order valence-corrected chi connectivity index (χ4v) is 3.52. The lowest BCUT2D eigenvalue weighted by atomic mass is 10.1. The second-order valence-electron chi connectivity index (χ2n) is 3.99. The van der Waals surface area contributed by atoms with Crippen LogP contribution in [-0.4, -0.2) is 7.11 Å². The van der Waals surface area contributed by atoms with Gasteiger partial charge < -0.3 is 10.1 Å². The summed E-state index contributed by atoms with van der Waals surface area (Å²) >= 11 is 19.6. The molecule has 2 rings (SSSR count). The zero-order chi connectivity index (χ0) is 14.0. The Labute approximate surface area is 131 Å². The standard InChI is InChI=1S/C13H12Cl3NOS/c1-7(9-6-12(15)19-13(9)16)17-11-5-8(18-2)3-4-10(11)14/h3-7,17H,1-2H3. The van der Waals surface area contributed by atoms with E-state index < -0.39 is 0 Å². The lowest BCUT2D eigenvalue weighted by molar-refractivity contribution is 0.415. The first-order valence-corrected chi connectivity index (χ1v) is 7.51. The van der Waals surface area contributed by atoms with E-state index in [9.17, 15) is 0 Å². The van der Waals surface area contributed by atoms with Crippen LogP contribution in [0, 0.1) is 0 Å². The van der Waals surface area contributed by atoms with Gasteiger partial charge in [0, 0.05) is 11.6 Å².